The summed E-state index contributed by atoms with van der Waals surface area (Å²) in [7, 11) is 0. The van der Waals surface area contributed by atoms with Crippen molar-refractivity contribution in [2.24, 2.45) is 0 Å². The fraction of sp³-hybridized carbons (Fsp3) is 0.353. The molecule has 148 valence electrons. The molecule has 1 aliphatic rings. The number of anilines is 1. The van der Waals surface area contributed by atoms with Gasteiger partial charge in [0.25, 0.3) is 0 Å². The van der Waals surface area contributed by atoms with Gasteiger partial charge in [0.1, 0.15) is 18.9 Å². The van der Waals surface area contributed by atoms with Crippen LogP contribution in [-0.4, -0.2) is 45.9 Å². The molecule has 0 bridgehead atoms. The number of ether oxygens (including phenoxy) is 3. The van der Waals surface area contributed by atoms with Gasteiger partial charge >= 0.3 is 23.9 Å². The maximum Gasteiger partial charge on any atom is 0.414 e. The van der Waals surface area contributed by atoms with Crippen LogP contribution >= 0.6 is 0 Å². The van der Waals surface area contributed by atoms with Gasteiger partial charge in [-0.05, 0) is 30.0 Å². The Kier molecular flexibility index (Phi) is 5.72. The first-order valence-corrected chi connectivity index (χ1v) is 8.55. The molecule has 0 saturated carbocycles. The third-order valence-electron chi connectivity index (χ3n) is 3.90. The van der Waals surface area contributed by atoms with E-state index >= 15 is 0 Å². The Labute approximate surface area is 159 Å². The first-order valence-electron chi connectivity index (χ1n) is 8.55. The first kappa shape index (κ1) is 19.1. The number of imidazole rings is 1. The molecule has 0 radical (unpaired) electrons. The number of aromatic nitrogens is 2. The van der Waals surface area contributed by atoms with Crippen molar-refractivity contribution in [3.05, 3.63) is 46.1 Å². The van der Waals surface area contributed by atoms with Crippen molar-refractivity contribution >= 4 is 23.6 Å². The van der Waals surface area contributed by atoms with Crippen LogP contribution in [0.1, 0.15) is 23.7 Å². The molecule has 1 N–H and O–H groups in total. The van der Waals surface area contributed by atoms with Crippen LogP contribution in [0.3, 0.4) is 0 Å². The summed E-state index contributed by atoms with van der Waals surface area (Å²) in [5, 5.41) is 13.3. The van der Waals surface area contributed by atoms with Crippen LogP contribution in [0.2, 0.25) is 0 Å². The van der Waals surface area contributed by atoms with Crippen molar-refractivity contribution in [1.29, 1.82) is 0 Å². The van der Waals surface area contributed by atoms with E-state index in [0.29, 0.717) is 24.2 Å². The van der Waals surface area contributed by atoms with Gasteiger partial charge in [-0.2, -0.15) is 0 Å². The van der Waals surface area contributed by atoms with Crippen LogP contribution in [0.5, 0.6) is 6.01 Å². The molecule has 1 aromatic carbocycles. The zero-order chi connectivity index (χ0) is 20.1. The SMILES string of the molecule is CCOC(=O)c1cccc(NC(=O)OCC2CCn3cc([N+](=O)[O-])nc3O2)c1. The lowest BCUT2D eigenvalue weighted by atomic mass is 10.2. The monoisotopic (exact) mass is 390 g/mol. The van der Waals surface area contributed by atoms with E-state index in [4.69, 9.17) is 14.2 Å². The molecule has 2 heterocycles. The van der Waals surface area contributed by atoms with Gasteiger partial charge in [0.05, 0.1) is 12.2 Å². The number of esters is 1. The molecule has 11 nitrogen and oxygen atoms in total. The molecule has 0 aliphatic carbocycles. The van der Waals surface area contributed by atoms with Gasteiger partial charge in [0, 0.05) is 23.6 Å². The van der Waals surface area contributed by atoms with Crippen LogP contribution in [0.4, 0.5) is 16.3 Å². The average Bonchev–Trinajstić information content (AvgIpc) is 3.10. The smallest absolute Gasteiger partial charge is 0.414 e. The van der Waals surface area contributed by atoms with Gasteiger partial charge in [0.15, 0.2) is 0 Å². The highest BCUT2D eigenvalue weighted by Crippen LogP contribution is 2.24. The number of amides is 1. The van der Waals surface area contributed by atoms with Crippen molar-refractivity contribution in [2.45, 2.75) is 26.0 Å². The number of nitro groups is 1. The standard InChI is InChI=1S/C17H18N4O7/c1-2-26-15(22)11-4-3-5-12(8-11)18-17(23)27-10-13-6-7-20-9-14(21(24)25)19-16(20)28-13/h3-5,8-9,13H,2,6-7,10H2,1H3,(H,18,23). The van der Waals surface area contributed by atoms with Crippen LogP contribution in [0.15, 0.2) is 30.5 Å². The largest absolute Gasteiger partial charge is 0.462 e. The fourth-order valence-corrected chi connectivity index (χ4v) is 2.60. The normalized spacial score (nSPS) is 15.1. The zero-order valence-electron chi connectivity index (χ0n) is 15.0. The summed E-state index contributed by atoms with van der Waals surface area (Å²) in [4.78, 5) is 37.7. The predicted molar refractivity (Wildman–Crippen MR) is 95.3 cm³/mol. The van der Waals surface area contributed by atoms with E-state index in [1.165, 1.54) is 16.8 Å². The third-order valence-corrected chi connectivity index (χ3v) is 3.90. The molecular weight excluding hydrogens is 372 g/mol. The van der Waals surface area contributed by atoms with Crippen LogP contribution in [-0.2, 0) is 16.0 Å². The molecule has 1 unspecified atom stereocenters. The minimum absolute atomic E-state index is 0.0515. The first-order chi connectivity index (χ1) is 13.5. The average molecular weight is 390 g/mol. The topological polar surface area (TPSA) is 135 Å². The Hall–Kier alpha value is -3.63. The van der Waals surface area contributed by atoms with Crippen LogP contribution < -0.4 is 10.1 Å². The number of fused-ring (bicyclic) bond motifs is 1. The van der Waals surface area contributed by atoms with Crippen molar-refractivity contribution < 1.29 is 28.7 Å². The highest BCUT2D eigenvalue weighted by Gasteiger charge is 2.28. The number of nitrogens with zero attached hydrogens (tertiary/aromatic N) is 3. The molecule has 1 aliphatic heterocycles. The molecule has 0 spiro atoms. The predicted octanol–water partition coefficient (Wildman–Crippen LogP) is 2.37. The fourth-order valence-electron chi connectivity index (χ4n) is 2.60. The van der Waals surface area contributed by atoms with Gasteiger partial charge in [-0.1, -0.05) is 6.07 Å². The number of rotatable bonds is 6. The molecular formula is C17H18N4O7. The van der Waals surface area contributed by atoms with Gasteiger partial charge < -0.3 is 24.3 Å². The van der Waals surface area contributed by atoms with E-state index in [2.05, 4.69) is 10.3 Å². The molecule has 28 heavy (non-hydrogen) atoms. The van der Waals surface area contributed by atoms with E-state index in [9.17, 15) is 19.7 Å². The Morgan fingerprint density at radius 3 is 3.00 bits per heavy atom. The Bertz CT molecular complexity index is 895. The highest BCUT2D eigenvalue weighted by molar-refractivity contribution is 5.92. The van der Waals surface area contributed by atoms with E-state index < -0.39 is 23.1 Å². The third kappa shape index (κ3) is 4.55. The van der Waals surface area contributed by atoms with Gasteiger partial charge in [-0.3, -0.25) is 9.88 Å². The summed E-state index contributed by atoms with van der Waals surface area (Å²) in [5.74, 6) is -0.782. The number of benzene rings is 1. The van der Waals surface area contributed by atoms with Crippen molar-refractivity contribution in [1.82, 2.24) is 9.55 Å². The second kappa shape index (κ2) is 8.37. The van der Waals surface area contributed by atoms with Gasteiger partial charge in [-0.25, -0.2) is 9.59 Å². The Morgan fingerprint density at radius 1 is 1.43 bits per heavy atom. The molecule has 0 saturated heterocycles. The van der Waals surface area contributed by atoms with Crippen LogP contribution in [0, 0.1) is 10.1 Å². The Balaban J connectivity index is 1.51. The molecule has 11 heteroatoms. The summed E-state index contributed by atoms with van der Waals surface area (Å²) < 4.78 is 17.1. The lowest BCUT2D eigenvalue weighted by Crippen LogP contribution is -2.32. The second-order valence-electron chi connectivity index (χ2n) is 5.89. The number of aryl methyl sites for hydroxylation is 1. The zero-order valence-corrected chi connectivity index (χ0v) is 15.0. The molecule has 1 aromatic heterocycles. The van der Waals surface area contributed by atoms with E-state index in [-0.39, 0.29) is 25.0 Å². The summed E-state index contributed by atoms with van der Waals surface area (Å²) in [5.41, 5.74) is 0.690. The number of hydrogen-bond donors (Lipinski definition) is 1. The minimum atomic E-state index is -0.718. The molecule has 0 fully saturated rings. The van der Waals surface area contributed by atoms with Gasteiger partial charge in [0.2, 0.25) is 0 Å². The molecule has 1 amide bonds. The maximum atomic E-state index is 12.0. The molecule has 1 atom stereocenters. The number of hydrogen-bond acceptors (Lipinski definition) is 8. The maximum absolute atomic E-state index is 12.0. The quantitative estimate of drug-likeness (QED) is 0.451. The van der Waals surface area contributed by atoms with E-state index in [1.807, 2.05) is 0 Å². The van der Waals surface area contributed by atoms with Crippen LogP contribution in [0.25, 0.3) is 0 Å². The minimum Gasteiger partial charge on any atom is -0.462 e. The molecule has 3 rings (SSSR count). The lowest BCUT2D eigenvalue weighted by Gasteiger charge is -2.21. The molecule has 2 aromatic rings. The summed E-state index contributed by atoms with van der Waals surface area (Å²) in [6.07, 6.45) is 0.623. The van der Waals surface area contributed by atoms with E-state index in [1.54, 1.807) is 25.1 Å². The van der Waals surface area contributed by atoms with E-state index in [0.717, 1.165) is 0 Å². The summed E-state index contributed by atoms with van der Waals surface area (Å²) in [6.45, 7) is 2.37. The number of nitrogens with one attached hydrogen (secondary N) is 1. The van der Waals surface area contributed by atoms with Crippen molar-refractivity contribution in [3.8, 4) is 6.01 Å². The van der Waals surface area contributed by atoms with Crippen molar-refractivity contribution in [3.63, 3.8) is 0 Å². The lowest BCUT2D eigenvalue weighted by molar-refractivity contribution is -0.389. The number of carbonyl (C=O) groups is 2. The number of carbonyl (C=O) groups excluding carboxylic acids is 2. The Morgan fingerprint density at radius 2 is 2.25 bits per heavy atom. The summed E-state index contributed by atoms with van der Waals surface area (Å²) >= 11 is 0. The van der Waals surface area contributed by atoms with Crippen molar-refractivity contribution in [2.75, 3.05) is 18.5 Å². The highest BCUT2D eigenvalue weighted by atomic mass is 16.6. The van der Waals surface area contributed by atoms with Gasteiger partial charge in [-0.15, -0.1) is 0 Å². The second-order valence-corrected chi connectivity index (χ2v) is 5.89. The summed E-state index contributed by atoms with van der Waals surface area (Å²) in [6, 6.07) is 6.39.